The summed E-state index contributed by atoms with van der Waals surface area (Å²) in [5, 5.41) is 0. The van der Waals surface area contributed by atoms with Crippen molar-refractivity contribution in [2.24, 2.45) is 5.73 Å². The van der Waals surface area contributed by atoms with E-state index in [0.29, 0.717) is 12.6 Å². The second kappa shape index (κ2) is 5.42. The quantitative estimate of drug-likeness (QED) is 0.846. The third kappa shape index (κ3) is 2.73. The Morgan fingerprint density at radius 1 is 1.53 bits per heavy atom. The Balaban J connectivity index is 2.22. The van der Waals surface area contributed by atoms with Gasteiger partial charge in [0.05, 0.1) is 30.6 Å². The van der Waals surface area contributed by atoms with E-state index >= 15 is 0 Å². The molecule has 1 aromatic rings. The molecule has 1 aromatic heterocycles. The Hall–Kier alpha value is -1.20. The molecule has 2 N–H and O–H groups in total. The molecule has 2 atom stereocenters. The second-order valence-corrected chi connectivity index (χ2v) is 4.43. The predicted molar refractivity (Wildman–Crippen MR) is 66.8 cm³/mol. The summed E-state index contributed by atoms with van der Waals surface area (Å²) in [5.41, 5.74) is 6.43. The first-order valence-electron chi connectivity index (χ1n) is 6.13. The average Bonchev–Trinajstić information content (AvgIpc) is 2.39. The molecule has 0 spiro atoms. The van der Waals surface area contributed by atoms with Crippen LogP contribution < -0.4 is 10.6 Å². The fourth-order valence-electron chi connectivity index (χ4n) is 2.09. The zero-order valence-corrected chi connectivity index (χ0v) is 10.5. The minimum absolute atomic E-state index is 0.237. The SMILES string of the molecule is CCC1COC(C)CN1c1cncc(CN)n1. The number of morpholine rings is 1. The van der Waals surface area contributed by atoms with Crippen molar-refractivity contribution in [1.82, 2.24) is 9.97 Å². The van der Waals surface area contributed by atoms with Gasteiger partial charge in [0.15, 0.2) is 0 Å². The van der Waals surface area contributed by atoms with Gasteiger partial charge in [0.1, 0.15) is 5.82 Å². The smallest absolute Gasteiger partial charge is 0.147 e. The first-order valence-corrected chi connectivity index (χ1v) is 6.13. The van der Waals surface area contributed by atoms with E-state index in [2.05, 4.69) is 28.7 Å². The van der Waals surface area contributed by atoms with Crippen LogP contribution in [0.2, 0.25) is 0 Å². The van der Waals surface area contributed by atoms with Crippen molar-refractivity contribution in [3.05, 3.63) is 18.1 Å². The van der Waals surface area contributed by atoms with E-state index in [4.69, 9.17) is 10.5 Å². The van der Waals surface area contributed by atoms with Gasteiger partial charge in [-0.05, 0) is 13.3 Å². The van der Waals surface area contributed by atoms with Gasteiger partial charge in [0.25, 0.3) is 0 Å². The van der Waals surface area contributed by atoms with Crippen LogP contribution >= 0.6 is 0 Å². The third-order valence-corrected chi connectivity index (χ3v) is 3.11. The number of anilines is 1. The Kier molecular flexibility index (Phi) is 3.91. The number of nitrogens with zero attached hydrogens (tertiary/aromatic N) is 3. The molecular weight excluding hydrogens is 216 g/mol. The van der Waals surface area contributed by atoms with Gasteiger partial charge in [-0.3, -0.25) is 4.98 Å². The molecule has 5 heteroatoms. The molecule has 2 rings (SSSR count). The van der Waals surface area contributed by atoms with Crippen molar-refractivity contribution in [1.29, 1.82) is 0 Å². The van der Waals surface area contributed by atoms with Crippen LogP contribution in [0.25, 0.3) is 0 Å². The summed E-state index contributed by atoms with van der Waals surface area (Å²) in [6, 6.07) is 0.383. The highest BCUT2D eigenvalue weighted by atomic mass is 16.5. The molecule has 17 heavy (non-hydrogen) atoms. The van der Waals surface area contributed by atoms with Gasteiger partial charge in [0.2, 0.25) is 0 Å². The number of hydrogen-bond donors (Lipinski definition) is 1. The van der Waals surface area contributed by atoms with Crippen molar-refractivity contribution >= 4 is 5.82 Å². The lowest BCUT2D eigenvalue weighted by molar-refractivity contribution is 0.0296. The third-order valence-electron chi connectivity index (χ3n) is 3.11. The predicted octanol–water partition coefficient (Wildman–Crippen LogP) is 0.939. The number of hydrogen-bond acceptors (Lipinski definition) is 5. The molecule has 5 nitrogen and oxygen atoms in total. The molecule has 0 saturated carbocycles. The molecule has 0 aromatic carbocycles. The summed E-state index contributed by atoms with van der Waals surface area (Å²) in [6.45, 7) is 6.29. The lowest BCUT2D eigenvalue weighted by Crippen LogP contribution is -2.49. The molecule has 2 unspecified atom stereocenters. The molecular formula is C12H20N4O. The number of aromatic nitrogens is 2. The van der Waals surface area contributed by atoms with E-state index < -0.39 is 0 Å². The monoisotopic (exact) mass is 236 g/mol. The fourth-order valence-corrected chi connectivity index (χ4v) is 2.09. The van der Waals surface area contributed by atoms with Crippen LogP contribution in [0.3, 0.4) is 0 Å². The lowest BCUT2D eigenvalue weighted by Gasteiger charge is -2.39. The molecule has 0 bridgehead atoms. The van der Waals surface area contributed by atoms with E-state index in [0.717, 1.165) is 31.1 Å². The van der Waals surface area contributed by atoms with E-state index in [-0.39, 0.29) is 6.10 Å². The highest BCUT2D eigenvalue weighted by Crippen LogP contribution is 2.21. The maximum absolute atomic E-state index is 5.68. The van der Waals surface area contributed by atoms with Gasteiger partial charge in [-0.2, -0.15) is 0 Å². The summed E-state index contributed by atoms with van der Waals surface area (Å²) >= 11 is 0. The highest BCUT2D eigenvalue weighted by molar-refractivity contribution is 5.38. The van der Waals surface area contributed by atoms with Crippen molar-refractivity contribution in [2.75, 3.05) is 18.1 Å². The number of rotatable bonds is 3. The summed E-state index contributed by atoms with van der Waals surface area (Å²) < 4.78 is 5.68. The van der Waals surface area contributed by atoms with Crippen LogP contribution in [0.1, 0.15) is 26.0 Å². The summed E-state index contributed by atoms with van der Waals surface area (Å²) in [7, 11) is 0. The first-order chi connectivity index (χ1) is 8.24. The van der Waals surface area contributed by atoms with E-state index in [1.54, 1.807) is 12.4 Å². The molecule has 0 amide bonds. The molecule has 94 valence electrons. The van der Waals surface area contributed by atoms with Crippen molar-refractivity contribution in [3.63, 3.8) is 0 Å². The maximum atomic E-state index is 5.68. The second-order valence-electron chi connectivity index (χ2n) is 4.43. The number of ether oxygens (including phenoxy) is 1. The zero-order valence-electron chi connectivity index (χ0n) is 10.5. The van der Waals surface area contributed by atoms with Crippen LogP contribution in [-0.4, -0.2) is 35.3 Å². The van der Waals surface area contributed by atoms with E-state index in [1.165, 1.54) is 0 Å². The minimum atomic E-state index is 0.237. The van der Waals surface area contributed by atoms with Gasteiger partial charge in [-0.1, -0.05) is 6.92 Å². The summed E-state index contributed by atoms with van der Waals surface area (Å²) in [4.78, 5) is 11.0. The molecule has 1 aliphatic heterocycles. The van der Waals surface area contributed by atoms with Crippen molar-refractivity contribution in [3.8, 4) is 0 Å². The Morgan fingerprint density at radius 3 is 3.06 bits per heavy atom. The lowest BCUT2D eigenvalue weighted by atomic mass is 10.1. The zero-order chi connectivity index (χ0) is 12.3. The largest absolute Gasteiger partial charge is 0.375 e. The molecule has 1 saturated heterocycles. The average molecular weight is 236 g/mol. The topological polar surface area (TPSA) is 64.3 Å². The van der Waals surface area contributed by atoms with Crippen molar-refractivity contribution < 1.29 is 4.74 Å². The molecule has 1 fully saturated rings. The standard InChI is InChI=1S/C12H20N4O/c1-3-11-8-17-9(2)7-16(11)12-6-14-5-10(4-13)15-12/h5-6,9,11H,3-4,7-8,13H2,1-2H3. The van der Waals surface area contributed by atoms with Gasteiger partial charge in [0, 0.05) is 19.3 Å². The highest BCUT2D eigenvalue weighted by Gasteiger charge is 2.26. The van der Waals surface area contributed by atoms with Gasteiger partial charge in [-0.25, -0.2) is 4.98 Å². The summed E-state index contributed by atoms with van der Waals surface area (Å²) in [6.07, 6.45) is 4.80. The molecule has 1 aliphatic rings. The summed E-state index contributed by atoms with van der Waals surface area (Å²) in [5.74, 6) is 0.912. The van der Waals surface area contributed by atoms with Crippen LogP contribution in [-0.2, 0) is 11.3 Å². The van der Waals surface area contributed by atoms with Crippen molar-refractivity contribution in [2.45, 2.75) is 39.0 Å². The van der Waals surface area contributed by atoms with E-state index in [1.807, 2.05) is 0 Å². The fraction of sp³-hybridized carbons (Fsp3) is 0.667. The Labute approximate surface area is 102 Å². The van der Waals surface area contributed by atoms with E-state index in [9.17, 15) is 0 Å². The molecule has 0 aliphatic carbocycles. The molecule has 0 radical (unpaired) electrons. The maximum Gasteiger partial charge on any atom is 0.147 e. The van der Waals surface area contributed by atoms with Gasteiger partial charge in [-0.15, -0.1) is 0 Å². The number of nitrogens with two attached hydrogens (primary N) is 1. The normalized spacial score (nSPS) is 25.0. The Bertz CT molecular complexity index is 371. The molecule has 2 heterocycles. The van der Waals surface area contributed by atoms with Crippen LogP contribution in [0.5, 0.6) is 0 Å². The van der Waals surface area contributed by atoms with Gasteiger partial charge >= 0.3 is 0 Å². The first kappa shape index (κ1) is 12.3. The van der Waals surface area contributed by atoms with Crippen LogP contribution in [0, 0.1) is 0 Å². The van der Waals surface area contributed by atoms with Crippen LogP contribution in [0.15, 0.2) is 12.4 Å². The van der Waals surface area contributed by atoms with Crippen LogP contribution in [0.4, 0.5) is 5.82 Å². The van der Waals surface area contributed by atoms with Gasteiger partial charge < -0.3 is 15.4 Å². The Morgan fingerprint density at radius 2 is 2.35 bits per heavy atom. The minimum Gasteiger partial charge on any atom is -0.375 e.